The van der Waals surface area contributed by atoms with E-state index in [9.17, 15) is 0 Å². The summed E-state index contributed by atoms with van der Waals surface area (Å²) in [5.41, 5.74) is 3.43. The molecule has 0 radical (unpaired) electrons. The summed E-state index contributed by atoms with van der Waals surface area (Å²) < 4.78 is 7.61. The zero-order valence-electron chi connectivity index (χ0n) is 19.0. The maximum Gasteiger partial charge on any atom is 0.191 e. The number of hydrogen-bond donors (Lipinski definition) is 2. The molecular weight excluding hydrogens is 376 g/mol. The van der Waals surface area contributed by atoms with Crippen molar-refractivity contribution >= 4 is 11.6 Å². The molecule has 1 aliphatic heterocycles. The highest BCUT2D eigenvalue weighted by Gasteiger charge is 2.25. The number of aliphatic imine (C=N–C) groups is 1. The molecule has 0 bridgehead atoms. The number of benzene rings is 1. The third-order valence-electron chi connectivity index (χ3n) is 5.45. The molecule has 1 aromatic carbocycles. The zero-order valence-corrected chi connectivity index (χ0v) is 19.0. The van der Waals surface area contributed by atoms with Gasteiger partial charge in [0.1, 0.15) is 5.75 Å². The molecule has 2 N–H and O–H groups in total. The smallest absolute Gasteiger partial charge is 0.191 e. The first kappa shape index (κ1) is 22.0. The molecule has 164 valence electrons. The number of aromatic nitrogens is 2. The Morgan fingerprint density at radius 2 is 2.13 bits per heavy atom. The van der Waals surface area contributed by atoms with Crippen molar-refractivity contribution in [1.82, 2.24) is 20.4 Å². The van der Waals surface area contributed by atoms with Gasteiger partial charge >= 0.3 is 0 Å². The minimum Gasteiger partial charge on any atom is -0.495 e. The standard InChI is InChI=1S/C23H36N6O/c1-6-24-23(25-14-17(2)15-29-19(4)13-18(3)27-29)26-20-11-12-28(16-20)21-9-7-8-10-22(21)30-5/h7-10,13,17,20H,6,11-12,14-16H2,1-5H3,(H2,24,25,26). The lowest BCUT2D eigenvalue weighted by molar-refractivity contribution is 0.415. The number of hydrogen-bond acceptors (Lipinski definition) is 4. The number of rotatable bonds is 8. The molecule has 2 aromatic rings. The number of anilines is 1. The van der Waals surface area contributed by atoms with Crippen molar-refractivity contribution in [3.63, 3.8) is 0 Å². The van der Waals surface area contributed by atoms with Crippen molar-refractivity contribution in [2.45, 2.75) is 46.7 Å². The lowest BCUT2D eigenvalue weighted by atomic mass is 10.2. The van der Waals surface area contributed by atoms with E-state index in [4.69, 9.17) is 9.73 Å². The molecule has 0 spiro atoms. The summed E-state index contributed by atoms with van der Waals surface area (Å²) in [5.74, 6) is 2.23. The van der Waals surface area contributed by atoms with Crippen LogP contribution >= 0.6 is 0 Å². The first-order valence-electron chi connectivity index (χ1n) is 10.9. The fraction of sp³-hybridized carbons (Fsp3) is 0.565. The first-order chi connectivity index (χ1) is 14.5. The lowest BCUT2D eigenvalue weighted by Gasteiger charge is -2.22. The second-order valence-corrected chi connectivity index (χ2v) is 8.18. The summed E-state index contributed by atoms with van der Waals surface area (Å²) >= 11 is 0. The maximum absolute atomic E-state index is 5.53. The van der Waals surface area contributed by atoms with Gasteiger partial charge in [-0.2, -0.15) is 5.10 Å². The molecule has 7 nitrogen and oxygen atoms in total. The van der Waals surface area contributed by atoms with Gasteiger partial charge in [-0.25, -0.2) is 0 Å². The number of ether oxygens (including phenoxy) is 1. The Hall–Kier alpha value is -2.70. The molecule has 2 unspecified atom stereocenters. The van der Waals surface area contributed by atoms with Crippen LogP contribution in [-0.4, -0.2) is 55.1 Å². The van der Waals surface area contributed by atoms with Gasteiger partial charge in [0.05, 0.1) is 18.5 Å². The minimum atomic E-state index is 0.360. The van der Waals surface area contributed by atoms with Crippen LogP contribution in [0, 0.1) is 19.8 Å². The monoisotopic (exact) mass is 412 g/mol. The van der Waals surface area contributed by atoms with Crippen LogP contribution in [0.5, 0.6) is 5.75 Å². The third-order valence-corrected chi connectivity index (χ3v) is 5.45. The van der Waals surface area contributed by atoms with Gasteiger partial charge in [0.15, 0.2) is 5.96 Å². The van der Waals surface area contributed by atoms with E-state index in [-0.39, 0.29) is 0 Å². The molecule has 0 amide bonds. The Kier molecular flexibility index (Phi) is 7.60. The summed E-state index contributed by atoms with van der Waals surface area (Å²) in [5, 5.41) is 11.6. The molecular formula is C23H36N6O. The third kappa shape index (κ3) is 5.68. The van der Waals surface area contributed by atoms with Crippen molar-refractivity contribution in [2.24, 2.45) is 10.9 Å². The van der Waals surface area contributed by atoms with Gasteiger partial charge in [-0.05, 0) is 51.3 Å². The van der Waals surface area contributed by atoms with Crippen LogP contribution in [0.4, 0.5) is 5.69 Å². The molecule has 3 rings (SSSR count). The zero-order chi connectivity index (χ0) is 21.5. The average Bonchev–Trinajstić information content (AvgIpc) is 3.32. The van der Waals surface area contributed by atoms with Gasteiger partial charge in [0, 0.05) is 44.5 Å². The second kappa shape index (κ2) is 10.4. The predicted molar refractivity (Wildman–Crippen MR) is 124 cm³/mol. The molecule has 2 atom stereocenters. The van der Waals surface area contributed by atoms with Crippen molar-refractivity contribution in [1.29, 1.82) is 0 Å². The van der Waals surface area contributed by atoms with Crippen LogP contribution < -0.4 is 20.3 Å². The topological polar surface area (TPSA) is 66.7 Å². The summed E-state index contributed by atoms with van der Waals surface area (Å²) in [6.07, 6.45) is 1.07. The van der Waals surface area contributed by atoms with Crippen LogP contribution in [0.2, 0.25) is 0 Å². The van der Waals surface area contributed by atoms with Crippen molar-refractivity contribution in [3.05, 3.63) is 41.7 Å². The SMILES string of the molecule is CCNC(=NCC(C)Cn1nc(C)cc1C)NC1CCN(c2ccccc2OC)C1. The van der Waals surface area contributed by atoms with Gasteiger partial charge in [-0.15, -0.1) is 0 Å². The molecule has 1 saturated heterocycles. The molecule has 2 heterocycles. The molecule has 30 heavy (non-hydrogen) atoms. The summed E-state index contributed by atoms with van der Waals surface area (Å²) in [7, 11) is 1.73. The Labute approximate surface area is 180 Å². The highest BCUT2D eigenvalue weighted by molar-refractivity contribution is 5.80. The minimum absolute atomic E-state index is 0.360. The molecule has 1 aromatic heterocycles. The van der Waals surface area contributed by atoms with Crippen molar-refractivity contribution in [2.75, 3.05) is 38.2 Å². The number of nitrogens with one attached hydrogen (secondary N) is 2. The number of methoxy groups -OCH3 is 1. The van der Waals surface area contributed by atoms with Crippen molar-refractivity contribution in [3.8, 4) is 5.75 Å². The second-order valence-electron chi connectivity index (χ2n) is 8.18. The first-order valence-corrected chi connectivity index (χ1v) is 10.9. The van der Waals surface area contributed by atoms with Crippen LogP contribution in [-0.2, 0) is 6.54 Å². The molecule has 1 aliphatic rings. The quantitative estimate of drug-likeness (QED) is 0.515. The average molecular weight is 413 g/mol. The molecule has 0 saturated carbocycles. The van der Waals surface area contributed by atoms with Crippen LogP contribution in [0.15, 0.2) is 35.3 Å². The molecule has 0 aliphatic carbocycles. The molecule has 1 fully saturated rings. The van der Waals surface area contributed by atoms with Gasteiger partial charge in [-0.3, -0.25) is 9.67 Å². The van der Waals surface area contributed by atoms with E-state index in [2.05, 4.69) is 64.3 Å². The number of aryl methyl sites for hydroxylation is 2. The summed E-state index contributed by atoms with van der Waals surface area (Å²) in [6.45, 7) is 12.9. The highest BCUT2D eigenvalue weighted by Crippen LogP contribution is 2.30. The number of nitrogens with zero attached hydrogens (tertiary/aromatic N) is 4. The number of para-hydroxylation sites is 2. The Balaban J connectivity index is 1.56. The van der Waals surface area contributed by atoms with E-state index < -0.39 is 0 Å². The van der Waals surface area contributed by atoms with E-state index in [0.717, 1.165) is 62.2 Å². The Morgan fingerprint density at radius 3 is 2.83 bits per heavy atom. The Bertz CT molecular complexity index is 846. The van der Waals surface area contributed by atoms with Crippen LogP contribution in [0.1, 0.15) is 31.7 Å². The fourth-order valence-corrected chi connectivity index (χ4v) is 3.96. The van der Waals surface area contributed by atoms with Gasteiger partial charge in [-0.1, -0.05) is 19.1 Å². The van der Waals surface area contributed by atoms with E-state index in [0.29, 0.717) is 12.0 Å². The van der Waals surface area contributed by atoms with E-state index in [1.54, 1.807) is 7.11 Å². The molecule has 7 heteroatoms. The highest BCUT2D eigenvalue weighted by atomic mass is 16.5. The van der Waals surface area contributed by atoms with Crippen molar-refractivity contribution < 1.29 is 4.74 Å². The van der Waals surface area contributed by atoms with E-state index in [1.165, 1.54) is 5.69 Å². The maximum atomic E-state index is 5.53. The van der Waals surface area contributed by atoms with E-state index >= 15 is 0 Å². The summed E-state index contributed by atoms with van der Waals surface area (Å²) in [6, 6.07) is 10.7. The van der Waals surface area contributed by atoms with Crippen LogP contribution in [0.3, 0.4) is 0 Å². The fourth-order valence-electron chi connectivity index (χ4n) is 3.96. The van der Waals surface area contributed by atoms with Gasteiger partial charge < -0.3 is 20.3 Å². The largest absolute Gasteiger partial charge is 0.495 e. The van der Waals surface area contributed by atoms with Gasteiger partial charge in [0.2, 0.25) is 0 Å². The van der Waals surface area contributed by atoms with Crippen LogP contribution in [0.25, 0.3) is 0 Å². The summed E-state index contributed by atoms with van der Waals surface area (Å²) in [4.78, 5) is 7.23. The number of guanidine groups is 1. The van der Waals surface area contributed by atoms with Gasteiger partial charge in [0.25, 0.3) is 0 Å². The Morgan fingerprint density at radius 1 is 1.33 bits per heavy atom. The predicted octanol–water partition coefficient (Wildman–Crippen LogP) is 2.98. The van der Waals surface area contributed by atoms with E-state index in [1.807, 2.05) is 19.1 Å². The lowest BCUT2D eigenvalue weighted by Crippen LogP contribution is -2.45. The normalized spacial score (nSPS) is 17.8.